The van der Waals surface area contributed by atoms with Crippen molar-refractivity contribution in [2.24, 2.45) is 5.92 Å². The Morgan fingerprint density at radius 1 is 0.974 bits per heavy atom. The van der Waals surface area contributed by atoms with Gasteiger partial charge in [0.05, 0.1) is 6.61 Å². The van der Waals surface area contributed by atoms with Gasteiger partial charge in [0.25, 0.3) is 5.91 Å². The van der Waals surface area contributed by atoms with Crippen molar-refractivity contribution in [1.29, 1.82) is 0 Å². The minimum Gasteiger partial charge on any atom is -0.508 e. The zero-order valence-corrected chi connectivity index (χ0v) is 24.0. The van der Waals surface area contributed by atoms with Crippen LogP contribution in [0.4, 0.5) is 10.5 Å². The number of aromatic hydroxyl groups is 1. The van der Waals surface area contributed by atoms with Crippen LogP contribution in [0, 0.1) is 12.8 Å². The predicted molar refractivity (Wildman–Crippen MR) is 151 cm³/mol. The summed E-state index contributed by atoms with van der Waals surface area (Å²) < 4.78 is 5.30. The fraction of sp³-hybridized carbons (Fsp3) is 0.500. The van der Waals surface area contributed by atoms with Gasteiger partial charge in [0, 0.05) is 11.7 Å². The number of hydrogen-bond donors (Lipinski definition) is 4. The number of anilines is 1. The molecule has 0 radical (unpaired) electrons. The van der Waals surface area contributed by atoms with E-state index >= 15 is 0 Å². The molecule has 0 aliphatic rings. The molecule has 0 saturated carbocycles. The van der Waals surface area contributed by atoms with E-state index in [1.807, 2.05) is 26.0 Å². The Morgan fingerprint density at radius 3 is 2.13 bits per heavy atom. The maximum atomic E-state index is 14.0. The van der Waals surface area contributed by atoms with Crippen molar-refractivity contribution < 1.29 is 29.3 Å². The Labute approximate surface area is 231 Å². The number of phenols is 1. The van der Waals surface area contributed by atoms with Gasteiger partial charge in [-0.05, 0) is 82.7 Å². The maximum Gasteiger partial charge on any atom is 0.408 e. The van der Waals surface area contributed by atoms with Crippen molar-refractivity contribution in [3.8, 4) is 5.75 Å². The zero-order chi connectivity index (χ0) is 29.3. The molecule has 3 unspecified atom stereocenters. The van der Waals surface area contributed by atoms with Gasteiger partial charge in [-0.15, -0.1) is 0 Å². The summed E-state index contributed by atoms with van der Waals surface area (Å²) in [6.45, 7) is 12.2. The predicted octanol–water partition coefficient (Wildman–Crippen LogP) is 4.92. The Hall–Kier alpha value is -3.59. The first-order valence-electron chi connectivity index (χ1n) is 13.3. The fourth-order valence-corrected chi connectivity index (χ4v) is 4.14. The highest BCUT2D eigenvalue weighted by Gasteiger charge is 2.39. The summed E-state index contributed by atoms with van der Waals surface area (Å²) in [6.07, 6.45) is 0.520. The smallest absolute Gasteiger partial charge is 0.408 e. The van der Waals surface area contributed by atoms with Crippen molar-refractivity contribution >= 4 is 23.6 Å². The number of rotatable bonds is 11. The second kappa shape index (κ2) is 14.0. The number of aliphatic hydroxyl groups excluding tert-OH is 1. The number of amides is 3. The van der Waals surface area contributed by atoms with Crippen molar-refractivity contribution in [3.63, 3.8) is 0 Å². The van der Waals surface area contributed by atoms with Gasteiger partial charge in [-0.3, -0.25) is 9.59 Å². The molecular formula is C30H43N3O6. The van der Waals surface area contributed by atoms with E-state index in [0.717, 1.165) is 12.0 Å². The van der Waals surface area contributed by atoms with Crippen LogP contribution >= 0.6 is 0 Å². The van der Waals surface area contributed by atoms with Crippen molar-refractivity contribution in [1.82, 2.24) is 10.2 Å². The van der Waals surface area contributed by atoms with Crippen molar-refractivity contribution in [2.75, 3.05) is 11.9 Å². The molecular weight excluding hydrogens is 498 g/mol. The summed E-state index contributed by atoms with van der Waals surface area (Å²) in [5.41, 5.74) is 1.11. The Balaban J connectivity index is 2.56. The highest BCUT2D eigenvalue weighted by atomic mass is 16.6. The molecule has 3 atom stereocenters. The van der Waals surface area contributed by atoms with Crippen LogP contribution in [0.2, 0.25) is 0 Å². The van der Waals surface area contributed by atoms with Gasteiger partial charge in [0.1, 0.15) is 23.4 Å². The monoisotopic (exact) mass is 541 g/mol. The molecule has 0 aliphatic carbocycles. The third-order valence-corrected chi connectivity index (χ3v) is 6.20. The van der Waals surface area contributed by atoms with E-state index in [1.165, 1.54) is 17.0 Å². The van der Waals surface area contributed by atoms with Crippen LogP contribution in [0.5, 0.6) is 5.75 Å². The van der Waals surface area contributed by atoms with Crippen LogP contribution in [0.3, 0.4) is 0 Å². The van der Waals surface area contributed by atoms with Crippen LogP contribution < -0.4 is 10.6 Å². The minimum absolute atomic E-state index is 0.0161. The molecule has 0 saturated heterocycles. The molecule has 3 amide bonds. The molecule has 4 N–H and O–H groups in total. The molecule has 214 valence electrons. The fourth-order valence-electron chi connectivity index (χ4n) is 4.14. The highest BCUT2D eigenvalue weighted by molar-refractivity contribution is 5.99. The third-order valence-electron chi connectivity index (χ3n) is 6.20. The first-order chi connectivity index (χ1) is 18.2. The standard InChI is InChI=1S/C30H43N3O6/c1-19(2)12-13-21(4)33(28(37)25(18-34)32-29(38)39-30(5,6)7)26(22-14-16-23(35)17-15-22)27(36)31-24-11-9-8-10-20(24)3/h8-11,14-17,19,21,25-26,34-35H,12-13,18H2,1-7H3,(H,31,36)(H,32,38). The first-order valence-corrected chi connectivity index (χ1v) is 13.3. The number of alkyl carbamates (subject to hydrolysis) is 1. The van der Waals surface area contributed by atoms with E-state index in [1.54, 1.807) is 45.0 Å². The van der Waals surface area contributed by atoms with Gasteiger partial charge in [0.15, 0.2) is 0 Å². The summed E-state index contributed by atoms with van der Waals surface area (Å²) in [4.78, 5) is 41.9. The number of nitrogens with zero attached hydrogens (tertiary/aromatic N) is 1. The van der Waals surface area contributed by atoms with E-state index in [9.17, 15) is 24.6 Å². The average Bonchev–Trinajstić information content (AvgIpc) is 2.85. The Kier molecular flexibility index (Phi) is 11.3. The van der Waals surface area contributed by atoms with Crippen molar-refractivity contribution in [3.05, 3.63) is 59.7 Å². The third kappa shape index (κ3) is 9.58. The first kappa shape index (κ1) is 31.6. The van der Waals surface area contributed by atoms with E-state index in [4.69, 9.17) is 4.74 Å². The SMILES string of the molecule is Cc1ccccc1NC(=O)C(c1ccc(O)cc1)N(C(=O)C(CO)NC(=O)OC(C)(C)C)C(C)CCC(C)C. The summed E-state index contributed by atoms with van der Waals surface area (Å²) >= 11 is 0. The van der Waals surface area contributed by atoms with E-state index in [-0.39, 0.29) is 5.75 Å². The molecule has 0 aromatic heterocycles. The molecule has 0 bridgehead atoms. The van der Waals surface area contributed by atoms with Gasteiger partial charge >= 0.3 is 6.09 Å². The lowest BCUT2D eigenvalue weighted by atomic mass is 9.97. The van der Waals surface area contributed by atoms with Gasteiger partial charge in [0.2, 0.25) is 5.91 Å². The number of hydrogen-bond acceptors (Lipinski definition) is 6. The lowest BCUT2D eigenvalue weighted by molar-refractivity contribution is -0.144. The van der Waals surface area contributed by atoms with E-state index in [0.29, 0.717) is 23.6 Å². The summed E-state index contributed by atoms with van der Waals surface area (Å²) in [7, 11) is 0. The topological polar surface area (TPSA) is 128 Å². The lowest BCUT2D eigenvalue weighted by Crippen LogP contribution is -2.56. The van der Waals surface area contributed by atoms with Gasteiger partial charge in [-0.2, -0.15) is 0 Å². The number of phenolic OH excluding ortho intramolecular Hbond substituents is 1. The van der Waals surface area contributed by atoms with Gasteiger partial charge in [-0.25, -0.2) is 4.79 Å². The van der Waals surface area contributed by atoms with Gasteiger partial charge < -0.3 is 30.5 Å². The number of carbonyl (C=O) groups excluding carboxylic acids is 3. The molecule has 39 heavy (non-hydrogen) atoms. The largest absolute Gasteiger partial charge is 0.508 e. The molecule has 2 aromatic carbocycles. The van der Waals surface area contributed by atoms with Gasteiger partial charge in [-0.1, -0.05) is 44.2 Å². The average molecular weight is 542 g/mol. The normalized spacial score (nSPS) is 13.8. The second-order valence-corrected chi connectivity index (χ2v) is 11.2. The summed E-state index contributed by atoms with van der Waals surface area (Å²) in [5, 5.41) is 25.4. The van der Waals surface area contributed by atoms with Crippen LogP contribution in [0.15, 0.2) is 48.5 Å². The molecule has 9 heteroatoms. The molecule has 0 aliphatic heterocycles. The number of carbonyl (C=O) groups is 3. The molecule has 0 fully saturated rings. The second-order valence-electron chi connectivity index (χ2n) is 11.2. The summed E-state index contributed by atoms with van der Waals surface area (Å²) in [6, 6.07) is 10.5. The van der Waals surface area contributed by atoms with E-state index < -0.39 is 48.2 Å². The number of aryl methyl sites for hydroxylation is 1. The lowest BCUT2D eigenvalue weighted by Gasteiger charge is -2.38. The number of benzene rings is 2. The Morgan fingerprint density at radius 2 is 1.59 bits per heavy atom. The van der Waals surface area contributed by atoms with Crippen LogP contribution in [0.25, 0.3) is 0 Å². The number of para-hydroxylation sites is 1. The molecule has 9 nitrogen and oxygen atoms in total. The van der Waals surface area contributed by atoms with Crippen molar-refractivity contribution in [2.45, 2.75) is 85.0 Å². The maximum absolute atomic E-state index is 14.0. The van der Waals surface area contributed by atoms with Crippen LogP contribution in [0.1, 0.15) is 71.6 Å². The number of nitrogens with one attached hydrogen (secondary N) is 2. The minimum atomic E-state index is -1.34. The molecule has 2 rings (SSSR count). The Bertz CT molecular complexity index is 1110. The molecule has 2 aromatic rings. The summed E-state index contributed by atoms with van der Waals surface area (Å²) in [5.74, 6) is -0.723. The quantitative estimate of drug-likeness (QED) is 0.320. The molecule has 0 heterocycles. The van der Waals surface area contributed by atoms with Crippen LogP contribution in [-0.2, 0) is 14.3 Å². The highest BCUT2D eigenvalue weighted by Crippen LogP contribution is 2.30. The van der Waals surface area contributed by atoms with Crippen LogP contribution in [-0.4, -0.2) is 57.3 Å². The zero-order valence-electron chi connectivity index (χ0n) is 24.0. The van der Waals surface area contributed by atoms with E-state index in [2.05, 4.69) is 24.5 Å². The molecule has 0 spiro atoms. The number of aliphatic hydroxyl groups is 1. The number of ether oxygens (including phenoxy) is 1.